The summed E-state index contributed by atoms with van der Waals surface area (Å²) in [6, 6.07) is 9.06. The summed E-state index contributed by atoms with van der Waals surface area (Å²) in [5, 5.41) is 10.6. The molecule has 0 aliphatic carbocycles. The first-order chi connectivity index (χ1) is 10.1. The van der Waals surface area contributed by atoms with Gasteiger partial charge in [-0.2, -0.15) is 5.26 Å². The number of rotatable bonds is 6. The zero-order chi connectivity index (χ0) is 15.7. The second kappa shape index (κ2) is 8.32. The normalized spacial score (nSPS) is 10.9. The molecule has 0 saturated carbocycles. The Morgan fingerprint density at radius 3 is 2.52 bits per heavy atom. The van der Waals surface area contributed by atoms with Crippen molar-refractivity contribution in [2.75, 3.05) is 7.11 Å². The lowest BCUT2D eigenvalue weighted by Gasteiger charge is -2.14. The molecule has 0 radical (unpaired) electrons. The number of esters is 1. The highest BCUT2D eigenvalue weighted by Crippen LogP contribution is 2.02. The molecule has 0 aromatic heterocycles. The number of ketones is 1. The zero-order valence-corrected chi connectivity index (χ0v) is 11.4. The fraction of sp³-hybridized carbons (Fsp3) is 0.286. The number of hydrogen-bond donors (Lipinski definition) is 1. The van der Waals surface area contributed by atoms with Crippen LogP contribution >= 0.6 is 0 Å². The Bertz CT molecular complexity index is 550. The van der Waals surface area contributed by atoms with Crippen molar-refractivity contribution in [2.24, 2.45) is 0 Å². The van der Waals surface area contributed by atoms with E-state index in [9.17, 15) is 14.4 Å². The van der Waals surface area contributed by atoms with Crippen LogP contribution in [0.1, 0.15) is 12.0 Å². The molecule has 1 atom stereocenters. The first-order valence-electron chi connectivity index (χ1n) is 6.04. The minimum absolute atomic E-state index is 0.0206. The summed E-state index contributed by atoms with van der Waals surface area (Å²) in [4.78, 5) is 34.0. The molecule has 7 nitrogen and oxygen atoms in total. The standard InChI is InChI=1S/C14H14N2O5/c1-20-13(18)12(7-11(17)8-15)16-14(19)21-9-10-5-3-2-4-6-10/h2-6,12H,7,9H2,1H3,(H,16,19)/t12-/m0/s1. The molecule has 21 heavy (non-hydrogen) atoms. The molecule has 0 bridgehead atoms. The molecule has 1 rings (SSSR count). The van der Waals surface area contributed by atoms with E-state index < -0.39 is 30.3 Å². The number of benzene rings is 1. The minimum Gasteiger partial charge on any atom is -0.467 e. The van der Waals surface area contributed by atoms with Crippen molar-refractivity contribution >= 4 is 17.8 Å². The Kier molecular flexibility index (Phi) is 6.41. The number of methoxy groups -OCH3 is 1. The molecule has 0 fully saturated rings. The van der Waals surface area contributed by atoms with Gasteiger partial charge >= 0.3 is 12.1 Å². The van der Waals surface area contributed by atoms with Gasteiger partial charge in [0.25, 0.3) is 0 Å². The van der Waals surface area contributed by atoms with Crippen molar-refractivity contribution in [3.05, 3.63) is 35.9 Å². The van der Waals surface area contributed by atoms with Crippen molar-refractivity contribution in [3.63, 3.8) is 0 Å². The van der Waals surface area contributed by atoms with Gasteiger partial charge in [-0.25, -0.2) is 9.59 Å². The molecule has 0 aliphatic heterocycles. The fourth-order valence-electron chi connectivity index (χ4n) is 1.47. The number of Topliss-reactive ketones (excluding diaryl/α,β-unsaturated/α-hetero) is 1. The average molecular weight is 290 g/mol. The second-order valence-corrected chi connectivity index (χ2v) is 4.02. The maximum absolute atomic E-state index is 11.6. The Morgan fingerprint density at radius 1 is 1.29 bits per heavy atom. The molecular weight excluding hydrogens is 276 g/mol. The van der Waals surface area contributed by atoms with Crippen LogP contribution in [-0.4, -0.2) is 31.0 Å². The van der Waals surface area contributed by atoms with E-state index in [0.29, 0.717) is 0 Å². The number of nitriles is 1. The molecular formula is C14H14N2O5. The quantitative estimate of drug-likeness (QED) is 0.617. The van der Waals surface area contributed by atoms with Gasteiger partial charge in [0.15, 0.2) is 0 Å². The van der Waals surface area contributed by atoms with Gasteiger partial charge in [0.1, 0.15) is 18.7 Å². The van der Waals surface area contributed by atoms with Gasteiger partial charge in [-0.05, 0) is 5.56 Å². The zero-order valence-electron chi connectivity index (χ0n) is 11.4. The van der Waals surface area contributed by atoms with Crippen molar-refractivity contribution < 1.29 is 23.9 Å². The molecule has 1 N–H and O–H groups in total. The summed E-state index contributed by atoms with van der Waals surface area (Å²) in [6.45, 7) is 0.0206. The van der Waals surface area contributed by atoms with Crippen LogP contribution < -0.4 is 5.32 Å². The van der Waals surface area contributed by atoms with Crippen LogP contribution in [0.4, 0.5) is 4.79 Å². The van der Waals surface area contributed by atoms with Crippen LogP contribution in [0.5, 0.6) is 0 Å². The van der Waals surface area contributed by atoms with Crippen LogP contribution in [0.2, 0.25) is 0 Å². The third-order valence-electron chi connectivity index (χ3n) is 2.50. The summed E-state index contributed by atoms with van der Waals surface area (Å²) in [6.07, 6.45) is -1.34. The van der Waals surface area contributed by atoms with Gasteiger partial charge in [-0.15, -0.1) is 0 Å². The molecule has 1 amide bonds. The predicted octanol–water partition coefficient (Wildman–Crippen LogP) is 0.937. The number of amides is 1. The molecule has 0 aliphatic rings. The maximum Gasteiger partial charge on any atom is 0.408 e. The molecule has 0 unspecified atom stereocenters. The smallest absolute Gasteiger partial charge is 0.408 e. The number of nitrogens with zero attached hydrogens (tertiary/aromatic N) is 1. The number of carbonyl (C=O) groups excluding carboxylic acids is 3. The number of nitrogens with one attached hydrogen (secondary N) is 1. The van der Waals surface area contributed by atoms with E-state index in [4.69, 9.17) is 10.00 Å². The highest BCUT2D eigenvalue weighted by molar-refractivity contribution is 5.97. The van der Waals surface area contributed by atoms with E-state index in [1.165, 1.54) is 6.07 Å². The van der Waals surface area contributed by atoms with E-state index >= 15 is 0 Å². The first kappa shape index (κ1) is 16.2. The molecule has 110 valence electrons. The molecule has 1 aromatic rings. The largest absolute Gasteiger partial charge is 0.467 e. The second-order valence-electron chi connectivity index (χ2n) is 4.02. The summed E-state index contributed by atoms with van der Waals surface area (Å²) >= 11 is 0. The van der Waals surface area contributed by atoms with Crippen LogP contribution in [0.15, 0.2) is 30.3 Å². The highest BCUT2D eigenvalue weighted by Gasteiger charge is 2.25. The predicted molar refractivity (Wildman–Crippen MR) is 70.8 cm³/mol. The molecule has 0 spiro atoms. The average Bonchev–Trinajstić information content (AvgIpc) is 2.52. The number of alkyl carbamates (subject to hydrolysis) is 1. The van der Waals surface area contributed by atoms with Gasteiger partial charge < -0.3 is 14.8 Å². The van der Waals surface area contributed by atoms with Crippen LogP contribution in [0.3, 0.4) is 0 Å². The Hall–Kier alpha value is -2.88. The van der Waals surface area contributed by atoms with Crippen LogP contribution in [-0.2, 0) is 25.7 Å². The van der Waals surface area contributed by atoms with Crippen molar-refractivity contribution in [1.29, 1.82) is 5.26 Å². The van der Waals surface area contributed by atoms with E-state index in [2.05, 4.69) is 10.1 Å². The monoisotopic (exact) mass is 290 g/mol. The molecule has 7 heteroatoms. The summed E-state index contributed by atoms with van der Waals surface area (Å²) < 4.78 is 9.37. The molecule has 0 saturated heterocycles. The van der Waals surface area contributed by atoms with Gasteiger partial charge in [0, 0.05) is 0 Å². The van der Waals surface area contributed by atoms with Crippen LogP contribution in [0.25, 0.3) is 0 Å². The van der Waals surface area contributed by atoms with E-state index in [0.717, 1.165) is 12.7 Å². The maximum atomic E-state index is 11.6. The van der Waals surface area contributed by atoms with E-state index in [-0.39, 0.29) is 6.61 Å². The van der Waals surface area contributed by atoms with E-state index in [1.54, 1.807) is 24.3 Å². The summed E-state index contributed by atoms with van der Waals surface area (Å²) in [5.74, 6) is -1.66. The van der Waals surface area contributed by atoms with Crippen molar-refractivity contribution in [2.45, 2.75) is 19.1 Å². The van der Waals surface area contributed by atoms with E-state index in [1.807, 2.05) is 6.07 Å². The number of carbonyl (C=O) groups is 3. The summed E-state index contributed by atoms with van der Waals surface area (Å²) in [5.41, 5.74) is 0.773. The Balaban J connectivity index is 2.54. The highest BCUT2D eigenvalue weighted by atomic mass is 16.6. The first-order valence-corrected chi connectivity index (χ1v) is 6.04. The SMILES string of the molecule is COC(=O)[C@H](CC(=O)C#N)NC(=O)OCc1ccccc1. The lowest BCUT2D eigenvalue weighted by Crippen LogP contribution is -2.43. The number of hydrogen-bond acceptors (Lipinski definition) is 6. The van der Waals surface area contributed by atoms with Gasteiger partial charge in [0.2, 0.25) is 5.78 Å². The lowest BCUT2D eigenvalue weighted by atomic mass is 10.1. The summed E-state index contributed by atoms with van der Waals surface area (Å²) in [7, 11) is 1.11. The van der Waals surface area contributed by atoms with Crippen molar-refractivity contribution in [3.8, 4) is 6.07 Å². The topological polar surface area (TPSA) is 105 Å². The van der Waals surface area contributed by atoms with Crippen molar-refractivity contribution in [1.82, 2.24) is 5.32 Å². The Morgan fingerprint density at radius 2 is 1.95 bits per heavy atom. The van der Waals surface area contributed by atoms with Crippen LogP contribution in [0, 0.1) is 11.3 Å². The minimum atomic E-state index is -1.24. The third-order valence-corrected chi connectivity index (χ3v) is 2.50. The van der Waals surface area contributed by atoms with Gasteiger partial charge in [-0.1, -0.05) is 30.3 Å². The lowest BCUT2D eigenvalue weighted by molar-refractivity contribution is -0.144. The molecule has 0 heterocycles. The van der Waals surface area contributed by atoms with Gasteiger partial charge in [0.05, 0.1) is 13.5 Å². The fourth-order valence-corrected chi connectivity index (χ4v) is 1.47. The third kappa shape index (κ3) is 5.74. The Labute approximate surface area is 121 Å². The number of ether oxygens (including phenoxy) is 2. The molecule has 1 aromatic carbocycles. The van der Waals surface area contributed by atoms with Gasteiger partial charge in [-0.3, -0.25) is 4.79 Å².